The maximum absolute atomic E-state index is 5.76. The van der Waals surface area contributed by atoms with Crippen LogP contribution in [0.5, 0.6) is 0 Å². The van der Waals surface area contributed by atoms with Gasteiger partial charge in [-0.1, -0.05) is 30.1 Å². The van der Waals surface area contributed by atoms with Gasteiger partial charge >= 0.3 is 0 Å². The Labute approximate surface area is 93.4 Å². The summed E-state index contributed by atoms with van der Waals surface area (Å²) in [5.41, 5.74) is 0. The van der Waals surface area contributed by atoms with E-state index in [1.807, 2.05) is 13.8 Å². The van der Waals surface area contributed by atoms with Crippen molar-refractivity contribution in [2.45, 2.75) is 26.4 Å². The van der Waals surface area contributed by atoms with E-state index in [1.165, 1.54) is 6.07 Å². The molecule has 78 valence electrons. The second-order valence-corrected chi connectivity index (χ2v) is 3.50. The van der Waals surface area contributed by atoms with Gasteiger partial charge < -0.3 is 4.74 Å². The highest BCUT2D eigenvalue weighted by atomic mass is 35.5. The minimum absolute atomic E-state index is 0.129. The van der Waals surface area contributed by atoms with Crippen molar-refractivity contribution >= 4 is 23.2 Å². The lowest BCUT2D eigenvalue weighted by Crippen LogP contribution is -2.08. The van der Waals surface area contributed by atoms with Crippen LogP contribution in [-0.4, -0.2) is 16.6 Å². The zero-order valence-electron chi connectivity index (χ0n) is 8.13. The van der Waals surface area contributed by atoms with Crippen LogP contribution in [0.25, 0.3) is 0 Å². The number of rotatable bonds is 4. The van der Waals surface area contributed by atoms with E-state index in [0.717, 1.165) is 6.42 Å². The normalized spacial score (nSPS) is 12.9. The SMILES string of the molecule is CCOC(CC)c1nc(Cl)cc(Cl)n1. The minimum Gasteiger partial charge on any atom is -0.371 e. The van der Waals surface area contributed by atoms with Gasteiger partial charge in [0.1, 0.15) is 16.4 Å². The predicted molar refractivity (Wildman–Crippen MR) is 56.7 cm³/mol. The molecule has 0 bridgehead atoms. The molecule has 0 saturated heterocycles. The lowest BCUT2D eigenvalue weighted by atomic mass is 10.2. The van der Waals surface area contributed by atoms with E-state index in [9.17, 15) is 0 Å². The molecule has 0 saturated carbocycles. The van der Waals surface area contributed by atoms with Crippen LogP contribution in [0.3, 0.4) is 0 Å². The van der Waals surface area contributed by atoms with E-state index in [1.54, 1.807) is 0 Å². The fourth-order valence-corrected chi connectivity index (χ4v) is 1.56. The molecule has 1 aromatic heterocycles. The van der Waals surface area contributed by atoms with E-state index in [2.05, 4.69) is 9.97 Å². The summed E-state index contributed by atoms with van der Waals surface area (Å²) in [5, 5.41) is 0.691. The van der Waals surface area contributed by atoms with Crippen LogP contribution in [0.1, 0.15) is 32.2 Å². The van der Waals surface area contributed by atoms with Crippen molar-refractivity contribution in [2.75, 3.05) is 6.61 Å². The molecular weight excluding hydrogens is 223 g/mol. The van der Waals surface area contributed by atoms with E-state index < -0.39 is 0 Å². The molecule has 14 heavy (non-hydrogen) atoms. The Morgan fingerprint density at radius 3 is 2.29 bits per heavy atom. The average Bonchev–Trinajstić information content (AvgIpc) is 2.12. The van der Waals surface area contributed by atoms with Gasteiger partial charge in [-0.05, 0) is 13.3 Å². The molecule has 0 N–H and O–H groups in total. The fraction of sp³-hybridized carbons (Fsp3) is 0.556. The van der Waals surface area contributed by atoms with Crippen molar-refractivity contribution in [1.82, 2.24) is 9.97 Å². The number of hydrogen-bond acceptors (Lipinski definition) is 3. The Balaban J connectivity index is 2.91. The molecule has 1 unspecified atom stereocenters. The summed E-state index contributed by atoms with van der Waals surface area (Å²) in [6.07, 6.45) is 0.668. The van der Waals surface area contributed by atoms with Gasteiger partial charge in [0, 0.05) is 12.7 Å². The van der Waals surface area contributed by atoms with Crippen LogP contribution < -0.4 is 0 Å². The molecule has 0 aliphatic rings. The van der Waals surface area contributed by atoms with Crippen LogP contribution in [0.2, 0.25) is 10.3 Å². The first-order chi connectivity index (χ1) is 6.67. The highest BCUT2D eigenvalue weighted by Crippen LogP contribution is 2.21. The standard InChI is InChI=1S/C9H12Cl2N2O/c1-3-6(14-4-2)9-12-7(10)5-8(11)13-9/h5-6H,3-4H2,1-2H3. The van der Waals surface area contributed by atoms with Gasteiger partial charge in [-0.2, -0.15) is 0 Å². The molecule has 0 aliphatic carbocycles. The Bertz CT molecular complexity index is 287. The summed E-state index contributed by atoms with van der Waals surface area (Å²) in [7, 11) is 0. The van der Waals surface area contributed by atoms with Crippen LogP contribution in [-0.2, 0) is 4.74 Å². The van der Waals surface area contributed by atoms with Crippen LogP contribution >= 0.6 is 23.2 Å². The summed E-state index contributed by atoms with van der Waals surface area (Å²) >= 11 is 11.5. The van der Waals surface area contributed by atoms with Gasteiger partial charge in [-0.15, -0.1) is 0 Å². The van der Waals surface area contributed by atoms with Gasteiger partial charge in [0.25, 0.3) is 0 Å². The number of nitrogens with zero attached hydrogens (tertiary/aromatic N) is 2. The molecule has 3 nitrogen and oxygen atoms in total. The summed E-state index contributed by atoms with van der Waals surface area (Å²) in [5.74, 6) is 0.548. The highest BCUT2D eigenvalue weighted by Gasteiger charge is 2.13. The topological polar surface area (TPSA) is 35.0 Å². The second-order valence-electron chi connectivity index (χ2n) is 2.72. The zero-order chi connectivity index (χ0) is 10.6. The maximum Gasteiger partial charge on any atom is 0.160 e. The maximum atomic E-state index is 5.76. The number of ether oxygens (including phenoxy) is 1. The molecule has 0 fully saturated rings. The number of halogens is 2. The predicted octanol–water partition coefficient (Wildman–Crippen LogP) is 3.27. The van der Waals surface area contributed by atoms with Gasteiger partial charge in [0.05, 0.1) is 0 Å². The molecule has 1 atom stereocenters. The zero-order valence-corrected chi connectivity index (χ0v) is 9.64. The molecule has 0 radical (unpaired) electrons. The molecule has 0 amide bonds. The lowest BCUT2D eigenvalue weighted by Gasteiger charge is -2.13. The van der Waals surface area contributed by atoms with Crippen molar-refractivity contribution < 1.29 is 4.74 Å². The van der Waals surface area contributed by atoms with Gasteiger partial charge in [-0.25, -0.2) is 9.97 Å². The van der Waals surface area contributed by atoms with E-state index >= 15 is 0 Å². The molecule has 1 rings (SSSR count). The Morgan fingerprint density at radius 1 is 1.29 bits per heavy atom. The molecule has 0 aliphatic heterocycles. The third kappa shape index (κ3) is 3.08. The summed E-state index contributed by atoms with van der Waals surface area (Å²) in [6.45, 7) is 4.54. The third-order valence-corrected chi connectivity index (χ3v) is 2.09. The number of hydrogen-bond donors (Lipinski definition) is 0. The smallest absolute Gasteiger partial charge is 0.160 e. The Morgan fingerprint density at radius 2 is 1.86 bits per heavy atom. The summed E-state index contributed by atoms with van der Waals surface area (Å²) < 4.78 is 5.44. The molecule has 0 spiro atoms. The van der Waals surface area contributed by atoms with Crippen LogP contribution in [0.4, 0.5) is 0 Å². The largest absolute Gasteiger partial charge is 0.371 e. The van der Waals surface area contributed by atoms with Crippen molar-refractivity contribution in [3.63, 3.8) is 0 Å². The molecule has 1 heterocycles. The van der Waals surface area contributed by atoms with Crippen molar-refractivity contribution in [3.8, 4) is 0 Å². The first-order valence-corrected chi connectivity index (χ1v) is 5.24. The van der Waals surface area contributed by atoms with Crippen molar-refractivity contribution in [1.29, 1.82) is 0 Å². The quantitative estimate of drug-likeness (QED) is 0.751. The van der Waals surface area contributed by atoms with Crippen LogP contribution in [0.15, 0.2) is 6.07 Å². The molecular formula is C9H12Cl2N2O. The Kier molecular flexibility index (Phi) is 4.58. The van der Waals surface area contributed by atoms with Crippen molar-refractivity contribution in [2.24, 2.45) is 0 Å². The Hall–Kier alpha value is -0.380. The van der Waals surface area contributed by atoms with Gasteiger partial charge in [0.2, 0.25) is 0 Å². The molecule has 5 heteroatoms. The van der Waals surface area contributed by atoms with Gasteiger partial charge in [0.15, 0.2) is 5.82 Å². The van der Waals surface area contributed by atoms with Crippen molar-refractivity contribution in [3.05, 3.63) is 22.2 Å². The molecule has 0 aromatic carbocycles. The van der Waals surface area contributed by atoms with Gasteiger partial charge in [-0.3, -0.25) is 0 Å². The minimum atomic E-state index is -0.129. The second kappa shape index (κ2) is 5.49. The lowest BCUT2D eigenvalue weighted by molar-refractivity contribution is 0.0535. The first-order valence-electron chi connectivity index (χ1n) is 4.49. The summed E-state index contributed by atoms with van der Waals surface area (Å²) in [4.78, 5) is 8.14. The van der Waals surface area contributed by atoms with E-state index in [0.29, 0.717) is 22.7 Å². The highest BCUT2D eigenvalue weighted by molar-refractivity contribution is 6.33. The molecule has 1 aromatic rings. The third-order valence-electron chi connectivity index (χ3n) is 1.71. The monoisotopic (exact) mass is 234 g/mol. The average molecular weight is 235 g/mol. The van der Waals surface area contributed by atoms with E-state index in [4.69, 9.17) is 27.9 Å². The van der Waals surface area contributed by atoms with Crippen LogP contribution in [0, 0.1) is 0 Å². The van der Waals surface area contributed by atoms with E-state index in [-0.39, 0.29) is 6.10 Å². The first kappa shape index (κ1) is 11.7. The number of aromatic nitrogens is 2. The fourth-order valence-electron chi connectivity index (χ4n) is 1.13. The summed E-state index contributed by atoms with van der Waals surface area (Å²) in [6, 6.07) is 1.51.